The maximum atomic E-state index is 5.91. The fourth-order valence-corrected chi connectivity index (χ4v) is 1.76. The Hall–Kier alpha value is -2.12. The Balaban J connectivity index is 2.29. The van der Waals surface area contributed by atoms with E-state index in [0.29, 0.717) is 10.8 Å². The van der Waals surface area contributed by atoms with Gasteiger partial charge in [-0.2, -0.15) is 9.97 Å². The van der Waals surface area contributed by atoms with Crippen LogP contribution in [-0.2, 0) is 0 Å². The number of nitrogen functional groups attached to an aromatic ring is 1. The number of hydrazine groups is 1. The van der Waals surface area contributed by atoms with Gasteiger partial charge in [0.1, 0.15) is 5.75 Å². The smallest absolute Gasteiger partial charge is 0.330 e. The number of nitrogens with one attached hydrogen (secondary N) is 1. The van der Waals surface area contributed by atoms with Gasteiger partial charge in [0.2, 0.25) is 5.95 Å². The van der Waals surface area contributed by atoms with Crippen LogP contribution in [0.1, 0.15) is 19.4 Å². The van der Waals surface area contributed by atoms with Crippen molar-refractivity contribution in [2.24, 2.45) is 5.84 Å². The summed E-state index contributed by atoms with van der Waals surface area (Å²) in [4.78, 5) is 12.1. The number of halogens is 1. The Morgan fingerprint density at radius 1 is 1.19 bits per heavy atom. The number of aryl methyl sites for hydroxylation is 1. The molecule has 7 nitrogen and oxygen atoms in total. The molecule has 2 aromatic rings. The molecule has 1 heterocycles. The molecule has 0 amide bonds. The van der Waals surface area contributed by atoms with Gasteiger partial charge in [-0.25, -0.2) is 5.84 Å². The molecule has 0 radical (unpaired) electrons. The molecular formula is C13H16ClN5O2. The fourth-order valence-electron chi connectivity index (χ4n) is 1.54. The summed E-state index contributed by atoms with van der Waals surface area (Å²) in [5, 5.41) is 0.628. The first-order valence-corrected chi connectivity index (χ1v) is 6.69. The number of rotatable bonds is 5. The van der Waals surface area contributed by atoms with E-state index in [1.807, 2.05) is 20.8 Å². The van der Waals surface area contributed by atoms with Crippen molar-refractivity contribution in [3.8, 4) is 17.8 Å². The molecule has 1 aromatic heterocycles. The number of nitrogens with two attached hydrogens (primary N) is 1. The summed E-state index contributed by atoms with van der Waals surface area (Å²) in [5.41, 5.74) is 3.21. The predicted octanol–water partition coefficient (Wildman–Crippen LogP) is 2.70. The van der Waals surface area contributed by atoms with Gasteiger partial charge in [-0.15, -0.1) is 4.98 Å². The third-order valence-electron chi connectivity index (χ3n) is 2.40. The number of hydrogen-bond donors (Lipinski definition) is 2. The van der Waals surface area contributed by atoms with Crippen LogP contribution in [0.2, 0.25) is 5.02 Å². The van der Waals surface area contributed by atoms with E-state index in [0.717, 1.165) is 5.56 Å². The Bertz CT molecular complexity index is 636. The van der Waals surface area contributed by atoms with Gasteiger partial charge in [-0.3, -0.25) is 5.43 Å². The lowest BCUT2D eigenvalue weighted by molar-refractivity contribution is 0.218. The zero-order chi connectivity index (χ0) is 15.4. The fraction of sp³-hybridized carbons (Fsp3) is 0.308. The van der Waals surface area contributed by atoms with Gasteiger partial charge in [-0.1, -0.05) is 11.6 Å². The normalized spacial score (nSPS) is 10.6. The van der Waals surface area contributed by atoms with Crippen LogP contribution >= 0.6 is 11.6 Å². The third kappa shape index (κ3) is 4.17. The predicted molar refractivity (Wildman–Crippen MR) is 79.7 cm³/mol. The molecule has 3 N–H and O–H groups in total. The SMILES string of the molecule is Cc1cc(Cl)ccc1Oc1nc(NN)nc(OC(C)C)n1. The number of benzene rings is 1. The third-order valence-corrected chi connectivity index (χ3v) is 2.64. The van der Waals surface area contributed by atoms with Crippen LogP contribution in [0.4, 0.5) is 5.95 Å². The summed E-state index contributed by atoms with van der Waals surface area (Å²) < 4.78 is 11.1. The molecule has 21 heavy (non-hydrogen) atoms. The highest BCUT2D eigenvalue weighted by Crippen LogP contribution is 2.26. The molecule has 2 rings (SSSR count). The average Bonchev–Trinajstić information content (AvgIpc) is 2.41. The summed E-state index contributed by atoms with van der Waals surface area (Å²) in [6.07, 6.45) is -0.0804. The first-order valence-electron chi connectivity index (χ1n) is 6.31. The Morgan fingerprint density at radius 3 is 2.52 bits per heavy atom. The highest BCUT2D eigenvalue weighted by atomic mass is 35.5. The summed E-state index contributed by atoms with van der Waals surface area (Å²) in [6.45, 7) is 5.60. The standard InChI is InChI=1S/C13H16ClN5O2/c1-7(2)20-12-16-11(19-15)17-13(18-12)21-10-5-4-9(14)6-8(10)3/h4-7H,15H2,1-3H3,(H,16,17,18,19). The first kappa shape index (κ1) is 15.3. The van der Waals surface area contributed by atoms with Crippen molar-refractivity contribution in [2.45, 2.75) is 26.9 Å². The Kier molecular flexibility index (Phi) is 4.77. The molecule has 0 aliphatic carbocycles. The van der Waals surface area contributed by atoms with Crippen molar-refractivity contribution in [3.05, 3.63) is 28.8 Å². The molecule has 0 saturated carbocycles. The second-order valence-electron chi connectivity index (χ2n) is 4.55. The minimum absolute atomic E-state index is 0.0804. The molecule has 0 atom stereocenters. The van der Waals surface area contributed by atoms with Crippen LogP contribution < -0.4 is 20.7 Å². The zero-order valence-corrected chi connectivity index (χ0v) is 12.7. The van der Waals surface area contributed by atoms with Gasteiger partial charge >= 0.3 is 12.0 Å². The van der Waals surface area contributed by atoms with E-state index in [1.165, 1.54) is 0 Å². The van der Waals surface area contributed by atoms with Crippen molar-refractivity contribution >= 4 is 17.5 Å². The van der Waals surface area contributed by atoms with Gasteiger partial charge in [0.15, 0.2) is 0 Å². The van der Waals surface area contributed by atoms with E-state index in [4.69, 9.17) is 26.9 Å². The van der Waals surface area contributed by atoms with Crippen molar-refractivity contribution < 1.29 is 9.47 Å². The monoisotopic (exact) mass is 309 g/mol. The Morgan fingerprint density at radius 2 is 1.90 bits per heavy atom. The first-order chi connectivity index (χ1) is 9.97. The van der Waals surface area contributed by atoms with Crippen LogP contribution in [-0.4, -0.2) is 21.1 Å². The molecule has 0 unspecified atom stereocenters. The molecule has 0 bridgehead atoms. The van der Waals surface area contributed by atoms with E-state index in [1.54, 1.807) is 18.2 Å². The highest BCUT2D eigenvalue weighted by molar-refractivity contribution is 6.30. The van der Waals surface area contributed by atoms with E-state index >= 15 is 0 Å². The van der Waals surface area contributed by atoms with Crippen molar-refractivity contribution in [1.29, 1.82) is 0 Å². The molecule has 0 aliphatic rings. The summed E-state index contributed by atoms with van der Waals surface area (Å²) in [7, 11) is 0. The summed E-state index contributed by atoms with van der Waals surface area (Å²) in [5.74, 6) is 6.07. The van der Waals surface area contributed by atoms with Crippen molar-refractivity contribution in [2.75, 3.05) is 5.43 Å². The summed E-state index contributed by atoms with van der Waals surface area (Å²) >= 11 is 5.91. The molecule has 0 saturated heterocycles. The van der Waals surface area contributed by atoms with E-state index in [2.05, 4.69) is 20.4 Å². The number of nitrogens with zero attached hydrogens (tertiary/aromatic N) is 3. The lowest BCUT2D eigenvalue weighted by atomic mass is 10.2. The van der Waals surface area contributed by atoms with Crippen LogP contribution in [0.5, 0.6) is 17.8 Å². The number of aromatic nitrogens is 3. The van der Waals surface area contributed by atoms with Gasteiger partial charge < -0.3 is 9.47 Å². The van der Waals surface area contributed by atoms with Gasteiger partial charge in [-0.05, 0) is 44.5 Å². The number of ether oxygens (including phenoxy) is 2. The highest BCUT2D eigenvalue weighted by Gasteiger charge is 2.11. The molecule has 0 aliphatic heterocycles. The molecule has 0 spiro atoms. The largest absolute Gasteiger partial charge is 0.461 e. The maximum Gasteiger partial charge on any atom is 0.330 e. The zero-order valence-electron chi connectivity index (χ0n) is 11.9. The lowest BCUT2D eigenvalue weighted by Crippen LogP contribution is -2.15. The molecule has 1 aromatic carbocycles. The van der Waals surface area contributed by atoms with Gasteiger partial charge in [0.05, 0.1) is 6.10 Å². The topological polar surface area (TPSA) is 95.2 Å². The van der Waals surface area contributed by atoms with Crippen LogP contribution in [0.15, 0.2) is 18.2 Å². The molecular weight excluding hydrogens is 294 g/mol. The van der Waals surface area contributed by atoms with Gasteiger partial charge in [0.25, 0.3) is 0 Å². The molecule has 8 heteroatoms. The van der Waals surface area contributed by atoms with Crippen molar-refractivity contribution in [1.82, 2.24) is 15.0 Å². The second kappa shape index (κ2) is 6.55. The molecule has 0 fully saturated rings. The van der Waals surface area contributed by atoms with E-state index in [9.17, 15) is 0 Å². The Labute approximate surface area is 127 Å². The molecule has 112 valence electrons. The number of hydrogen-bond acceptors (Lipinski definition) is 7. The van der Waals surface area contributed by atoms with E-state index in [-0.39, 0.29) is 24.1 Å². The minimum Gasteiger partial charge on any atom is -0.461 e. The van der Waals surface area contributed by atoms with Crippen LogP contribution in [0, 0.1) is 6.92 Å². The quantitative estimate of drug-likeness (QED) is 0.647. The van der Waals surface area contributed by atoms with Gasteiger partial charge in [0, 0.05) is 5.02 Å². The number of anilines is 1. The van der Waals surface area contributed by atoms with Crippen LogP contribution in [0.3, 0.4) is 0 Å². The minimum atomic E-state index is -0.0804. The van der Waals surface area contributed by atoms with Crippen LogP contribution in [0.25, 0.3) is 0 Å². The van der Waals surface area contributed by atoms with Crippen molar-refractivity contribution in [3.63, 3.8) is 0 Å². The lowest BCUT2D eigenvalue weighted by Gasteiger charge is -2.11. The maximum absolute atomic E-state index is 5.91. The van der Waals surface area contributed by atoms with E-state index < -0.39 is 0 Å². The summed E-state index contributed by atoms with van der Waals surface area (Å²) in [6, 6.07) is 5.46. The average molecular weight is 310 g/mol. The second-order valence-corrected chi connectivity index (χ2v) is 4.98.